The van der Waals surface area contributed by atoms with E-state index in [1.165, 1.54) is 20.1 Å². The summed E-state index contributed by atoms with van der Waals surface area (Å²) < 4.78 is 27.5. The lowest BCUT2D eigenvalue weighted by Crippen LogP contribution is -2.64. The zero-order chi connectivity index (χ0) is 24.3. The van der Waals surface area contributed by atoms with Crippen molar-refractivity contribution in [2.75, 3.05) is 20.3 Å². The molecule has 0 bridgehead atoms. The largest absolute Gasteiger partial charge is 0.508 e. The Morgan fingerprint density at radius 3 is 2.30 bits per heavy atom. The molecule has 0 spiro atoms. The molecule has 2 heterocycles. The van der Waals surface area contributed by atoms with Crippen LogP contribution < -0.4 is 0 Å². The van der Waals surface area contributed by atoms with Crippen molar-refractivity contribution in [3.63, 3.8) is 0 Å². The molecule has 33 heavy (non-hydrogen) atoms. The molecule has 0 saturated carbocycles. The lowest BCUT2D eigenvalue weighted by Gasteiger charge is -2.45. The van der Waals surface area contributed by atoms with Crippen LogP contribution in [0.15, 0.2) is 23.2 Å². The molecular formula is C21H34O12. The highest BCUT2D eigenvalue weighted by Crippen LogP contribution is 2.30. The van der Waals surface area contributed by atoms with Crippen LogP contribution in [0.2, 0.25) is 0 Å². The molecule has 0 amide bonds. The first-order chi connectivity index (χ1) is 15.6. The summed E-state index contributed by atoms with van der Waals surface area (Å²) in [4.78, 5) is 0. The van der Waals surface area contributed by atoms with Crippen molar-refractivity contribution in [3.8, 4) is 0 Å². The van der Waals surface area contributed by atoms with Crippen LogP contribution in [0.3, 0.4) is 0 Å². The maximum Gasteiger partial charge on any atom is 0.187 e. The lowest BCUT2D eigenvalue weighted by atomic mass is 9.97. The van der Waals surface area contributed by atoms with Crippen LogP contribution in [0.1, 0.15) is 26.2 Å². The summed E-state index contributed by atoms with van der Waals surface area (Å²) >= 11 is 0. The fourth-order valence-electron chi connectivity index (χ4n) is 4.04. The predicted octanol–water partition coefficient (Wildman–Crippen LogP) is -1.25. The van der Waals surface area contributed by atoms with Crippen molar-refractivity contribution in [2.24, 2.45) is 0 Å². The van der Waals surface area contributed by atoms with Gasteiger partial charge in [0.15, 0.2) is 18.3 Å². The van der Waals surface area contributed by atoms with E-state index in [9.17, 15) is 35.7 Å². The lowest BCUT2D eigenvalue weighted by molar-refractivity contribution is -0.357. The molecule has 0 radical (unpaired) electrons. The van der Waals surface area contributed by atoms with E-state index in [4.69, 9.17) is 23.7 Å². The van der Waals surface area contributed by atoms with E-state index in [0.29, 0.717) is 19.3 Å². The van der Waals surface area contributed by atoms with Crippen LogP contribution in [0.4, 0.5) is 0 Å². The number of aliphatic hydroxyl groups excluding tert-OH is 7. The summed E-state index contributed by atoms with van der Waals surface area (Å²) in [7, 11) is 1.41. The topological polar surface area (TPSA) is 188 Å². The standard InChI is InChI=1S/C21H34O12/c1-9-14(24)16(26)17(27)21(31-9)33-19-15(25)13(8-29-2)32-20(18(19)28)30-6-5-10-3-4-11(22)12(23)7-10/h7,9,13-28H,3-6,8H2,1-2H3. The van der Waals surface area contributed by atoms with Crippen molar-refractivity contribution >= 4 is 0 Å². The highest BCUT2D eigenvalue weighted by atomic mass is 16.7. The summed E-state index contributed by atoms with van der Waals surface area (Å²) in [5, 5.41) is 70.7. The molecule has 10 unspecified atom stereocenters. The number of methoxy groups -OCH3 is 1. The van der Waals surface area contributed by atoms with Gasteiger partial charge in [0.05, 0.1) is 19.3 Å². The molecule has 0 aromatic carbocycles. The van der Waals surface area contributed by atoms with E-state index in [1.807, 2.05) is 0 Å². The predicted molar refractivity (Wildman–Crippen MR) is 110 cm³/mol. The minimum Gasteiger partial charge on any atom is -0.508 e. The Hall–Kier alpha value is -1.32. The van der Waals surface area contributed by atoms with Gasteiger partial charge in [0.1, 0.15) is 48.5 Å². The van der Waals surface area contributed by atoms with Gasteiger partial charge >= 0.3 is 0 Å². The molecule has 12 heteroatoms. The van der Waals surface area contributed by atoms with Gasteiger partial charge in [-0.25, -0.2) is 0 Å². The summed E-state index contributed by atoms with van der Waals surface area (Å²) in [6.45, 7) is 1.55. The Kier molecular flexibility index (Phi) is 9.08. The molecule has 1 aliphatic carbocycles. The first-order valence-electron chi connectivity index (χ1n) is 10.9. The minimum atomic E-state index is -1.62. The molecule has 2 saturated heterocycles. The second-order valence-corrected chi connectivity index (χ2v) is 8.52. The second kappa shape index (κ2) is 11.4. The van der Waals surface area contributed by atoms with E-state index in [2.05, 4.69) is 0 Å². The number of ether oxygens (including phenoxy) is 5. The zero-order valence-electron chi connectivity index (χ0n) is 18.6. The maximum absolute atomic E-state index is 10.8. The Morgan fingerprint density at radius 1 is 0.909 bits per heavy atom. The van der Waals surface area contributed by atoms with Gasteiger partial charge in [-0.1, -0.05) is 5.57 Å². The first kappa shape index (κ1) is 26.3. The molecule has 0 aromatic heterocycles. The number of hydrogen-bond donors (Lipinski definition) is 7. The Morgan fingerprint density at radius 2 is 1.64 bits per heavy atom. The Labute approximate surface area is 191 Å². The highest BCUT2D eigenvalue weighted by Gasteiger charge is 2.50. The van der Waals surface area contributed by atoms with E-state index in [0.717, 1.165) is 5.57 Å². The van der Waals surface area contributed by atoms with Crippen molar-refractivity contribution < 1.29 is 59.4 Å². The molecule has 2 aliphatic heterocycles. The average Bonchev–Trinajstić information content (AvgIpc) is 2.78. The maximum atomic E-state index is 10.8. The molecule has 3 rings (SSSR count). The summed E-state index contributed by atoms with van der Waals surface area (Å²) in [5.74, 6) is -0.254. The molecular weight excluding hydrogens is 444 g/mol. The molecule has 10 atom stereocenters. The van der Waals surface area contributed by atoms with Crippen LogP contribution >= 0.6 is 0 Å². The normalized spacial score (nSPS) is 42.3. The number of hydrogen-bond acceptors (Lipinski definition) is 12. The third kappa shape index (κ3) is 6.03. The van der Waals surface area contributed by atoms with Crippen LogP contribution in [-0.2, 0) is 23.7 Å². The average molecular weight is 478 g/mol. The van der Waals surface area contributed by atoms with Gasteiger partial charge in [-0.3, -0.25) is 0 Å². The molecule has 2 fully saturated rings. The van der Waals surface area contributed by atoms with Crippen LogP contribution in [0.5, 0.6) is 0 Å². The molecule has 3 aliphatic rings. The van der Waals surface area contributed by atoms with Crippen molar-refractivity contribution in [1.29, 1.82) is 0 Å². The third-order valence-corrected chi connectivity index (χ3v) is 6.10. The van der Waals surface area contributed by atoms with Gasteiger partial charge in [0.2, 0.25) is 0 Å². The molecule has 190 valence electrons. The van der Waals surface area contributed by atoms with Crippen LogP contribution in [0.25, 0.3) is 0 Å². The monoisotopic (exact) mass is 478 g/mol. The third-order valence-electron chi connectivity index (χ3n) is 6.10. The van der Waals surface area contributed by atoms with E-state index in [1.54, 1.807) is 0 Å². The second-order valence-electron chi connectivity index (χ2n) is 8.52. The van der Waals surface area contributed by atoms with Gasteiger partial charge in [0, 0.05) is 13.5 Å². The first-order valence-corrected chi connectivity index (χ1v) is 10.9. The molecule has 0 aromatic rings. The van der Waals surface area contributed by atoms with Gasteiger partial charge in [-0.15, -0.1) is 0 Å². The highest BCUT2D eigenvalue weighted by molar-refractivity contribution is 5.25. The Bertz CT molecular complexity index is 711. The quantitative estimate of drug-likeness (QED) is 0.220. The van der Waals surface area contributed by atoms with Gasteiger partial charge < -0.3 is 59.4 Å². The SMILES string of the molecule is COCC1OC(OCCC2=CC(O)=C(O)CC2)C(O)C(OC2OC(C)C(O)C(O)C2O)C1O. The van der Waals surface area contributed by atoms with Gasteiger partial charge in [-0.05, 0) is 25.8 Å². The molecule has 12 nitrogen and oxygen atoms in total. The number of allylic oxidation sites excluding steroid dienone is 2. The van der Waals surface area contributed by atoms with Gasteiger partial charge in [0.25, 0.3) is 0 Å². The fraction of sp³-hybridized carbons (Fsp3) is 0.810. The number of rotatable bonds is 8. The van der Waals surface area contributed by atoms with Gasteiger partial charge in [-0.2, -0.15) is 0 Å². The smallest absolute Gasteiger partial charge is 0.187 e. The van der Waals surface area contributed by atoms with E-state index in [-0.39, 0.29) is 24.7 Å². The summed E-state index contributed by atoms with van der Waals surface area (Å²) in [6.07, 6.45) is -10.4. The summed E-state index contributed by atoms with van der Waals surface area (Å²) in [6, 6.07) is 0. The Balaban J connectivity index is 1.65. The zero-order valence-corrected chi connectivity index (χ0v) is 18.6. The number of aliphatic hydroxyl groups is 7. The fourth-order valence-corrected chi connectivity index (χ4v) is 4.04. The van der Waals surface area contributed by atoms with Crippen LogP contribution in [0, 0.1) is 0 Å². The van der Waals surface area contributed by atoms with E-state index >= 15 is 0 Å². The minimum absolute atomic E-state index is 0.0392. The van der Waals surface area contributed by atoms with Crippen molar-refractivity contribution in [2.45, 2.75) is 87.6 Å². The van der Waals surface area contributed by atoms with Crippen molar-refractivity contribution in [1.82, 2.24) is 0 Å². The summed E-state index contributed by atoms with van der Waals surface area (Å²) in [5.41, 5.74) is 0.845. The van der Waals surface area contributed by atoms with Crippen LogP contribution in [-0.4, -0.2) is 117 Å². The van der Waals surface area contributed by atoms with E-state index < -0.39 is 61.4 Å². The van der Waals surface area contributed by atoms with Crippen molar-refractivity contribution in [3.05, 3.63) is 23.2 Å². The molecule has 7 N–H and O–H groups in total.